The van der Waals surface area contributed by atoms with Crippen LogP contribution in [0.1, 0.15) is 31.9 Å². The Balaban J connectivity index is 1.68. The summed E-state index contributed by atoms with van der Waals surface area (Å²) >= 11 is 5.23. The summed E-state index contributed by atoms with van der Waals surface area (Å²) in [7, 11) is 0. The molecule has 5 nitrogen and oxygen atoms in total. The van der Waals surface area contributed by atoms with Crippen molar-refractivity contribution >= 4 is 23.5 Å². The molecule has 1 fully saturated rings. The van der Waals surface area contributed by atoms with Gasteiger partial charge in [0.25, 0.3) is 0 Å². The number of nitrogens with zero attached hydrogens (tertiary/aromatic N) is 2. The van der Waals surface area contributed by atoms with Gasteiger partial charge in [-0.25, -0.2) is 0 Å². The normalized spacial score (nSPS) is 16.3. The summed E-state index contributed by atoms with van der Waals surface area (Å²) in [6.45, 7) is 12.0. The molecule has 0 amide bonds. The summed E-state index contributed by atoms with van der Waals surface area (Å²) in [4.78, 5) is 2.36. The van der Waals surface area contributed by atoms with Gasteiger partial charge in [-0.3, -0.25) is 10.3 Å². The molecule has 132 valence electrons. The van der Waals surface area contributed by atoms with Crippen LogP contribution in [0.3, 0.4) is 0 Å². The fourth-order valence-electron chi connectivity index (χ4n) is 2.43. The largest absolute Gasteiger partial charge is 0.379 e. The predicted octanol–water partition coefficient (Wildman–Crippen LogP) is 2.11. The Hall–Kier alpha value is -1.50. The van der Waals surface area contributed by atoms with Crippen LogP contribution in [0.4, 0.5) is 0 Å². The van der Waals surface area contributed by atoms with Gasteiger partial charge in [-0.05, 0) is 28.8 Å². The quantitative estimate of drug-likeness (QED) is 0.485. The van der Waals surface area contributed by atoms with Crippen molar-refractivity contribution in [2.45, 2.75) is 26.2 Å². The summed E-state index contributed by atoms with van der Waals surface area (Å²) < 4.78 is 5.33. The van der Waals surface area contributed by atoms with E-state index in [0.29, 0.717) is 5.11 Å². The second kappa shape index (κ2) is 9.11. The molecule has 0 bridgehead atoms. The minimum Gasteiger partial charge on any atom is -0.379 e. The molecule has 0 aromatic heterocycles. The number of hydrogen-bond donors (Lipinski definition) is 2. The Labute approximate surface area is 150 Å². The predicted molar refractivity (Wildman–Crippen MR) is 104 cm³/mol. The van der Waals surface area contributed by atoms with Gasteiger partial charge < -0.3 is 10.1 Å². The van der Waals surface area contributed by atoms with Crippen molar-refractivity contribution in [3.8, 4) is 0 Å². The van der Waals surface area contributed by atoms with Crippen molar-refractivity contribution in [2.75, 3.05) is 39.4 Å². The lowest BCUT2D eigenvalue weighted by molar-refractivity contribution is 0.0389. The average Bonchev–Trinajstić information content (AvgIpc) is 2.55. The lowest BCUT2D eigenvalue weighted by Gasteiger charge is -2.26. The Kier molecular flexibility index (Phi) is 7.15. The molecule has 0 spiro atoms. The Morgan fingerprint density at radius 1 is 1.25 bits per heavy atom. The van der Waals surface area contributed by atoms with Crippen LogP contribution in [-0.2, 0) is 10.2 Å². The Morgan fingerprint density at radius 2 is 1.92 bits per heavy atom. The summed E-state index contributed by atoms with van der Waals surface area (Å²) in [5.41, 5.74) is 5.39. The average molecular weight is 349 g/mol. The number of hydrogen-bond acceptors (Lipinski definition) is 4. The van der Waals surface area contributed by atoms with Crippen LogP contribution in [0, 0.1) is 0 Å². The zero-order chi connectivity index (χ0) is 17.4. The maximum absolute atomic E-state index is 5.33. The van der Waals surface area contributed by atoms with E-state index in [1.165, 1.54) is 5.56 Å². The molecule has 0 aliphatic carbocycles. The van der Waals surface area contributed by atoms with Gasteiger partial charge >= 0.3 is 0 Å². The molecule has 1 aliphatic rings. The van der Waals surface area contributed by atoms with Gasteiger partial charge in [0.15, 0.2) is 5.11 Å². The van der Waals surface area contributed by atoms with Crippen molar-refractivity contribution in [1.82, 2.24) is 15.6 Å². The van der Waals surface area contributed by atoms with Gasteiger partial charge in [0.1, 0.15) is 0 Å². The van der Waals surface area contributed by atoms with E-state index in [9.17, 15) is 0 Å². The molecule has 1 heterocycles. The number of thiocarbonyl (C=S) groups is 1. The zero-order valence-corrected chi connectivity index (χ0v) is 15.7. The first-order valence-corrected chi connectivity index (χ1v) is 8.83. The smallest absolute Gasteiger partial charge is 0.187 e. The molecule has 0 unspecified atom stereocenters. The minimum absolute atomic E-state index is 0.167. The second-order valence-corrected chi connectivity index (χ2v) is 7.36. The van der Waals surface area contributed by atoms with Crippen molar-refractivity contribution in [3.63, 3.8) is 0 Å². The number of ether oxygens (including phenoxy) is 1. The first-order valence-electron chi connectivity index (χ1n) is 8.43. The fraction of sp³-hybridized carbons (Fsp3) is 0.556. The molecule has 1 aliphatic heterocycles. The lowest BCUT2D eigenvalue weighted by Crippen LogP contribution is -2.42. The van der Waals surface area contributed by atoms with E-state index in [0.717, 1.165) is 45.0 Å². The van der Waals surface area contributed by atoms with Gasteiger partial charge in [-0.2, -0.15) is 5.10 Å². The maximum Gasteiger partial charge on any atom is 0.187 e. The number of hydrazone groups is 1. The van der Waals surface area contributed by atoms with E-state index in [4.69, 9.17) is 17.0 Å². The standard InChI is InChI=1S/C18H28N4OS/c1-18(2,3)16-6-4-15(5-7-16)14-20-21-17(24)19-8-9-22-10-12-23-13-11-22/h4-7,14H,8-13H2,1-3H3,(H2,19,21,24)/b20-14+. The highest BCUT2D eigenvalue weighted by Crippen LogP contribution is 2.21. The summed E-state index contributed by atoms with van der Waals surface area (Å²) in [6, 6.07) is 8.42. The van der Waals surface area contributed by atoms with Crippen LogP contribution in [-0.4, -0.2) is 55.6 Å². The number of benzene rings is 1. The summed E-state index contributed by atoms with van der Waals surface area (Å²) in [5, 5.41) is 7.90. The third-order valence-corrected chi connectivity index (χ3v) is 4.21. The molecule has 2 rings (SSSR count). The summed E-state index contributed by atoms with van der Waals surface area (Å²) in [6.07, 6.45) is 1.78. The lowest BCUT2D eigenvalue weighted by atomic mass is 9.87. The molecular weight excluding hydrogens is 320 g/mol. The molecule has 0 saturated carbocycles. The third-order valence-electron chi connectivity index (χ3n) is 3.97. The van der Waals surface area contributed by atoms with E-state index in [2.05, 4.69) is 65.8 Å². The first kappa shape index (κ1) is 18.8. The maximum atomic E-state index is 5.33. The molecule has 6 heteroatoms. The van der Waals surface area contributed by atoms with Gasteiger partial charge in [0.05, 0.1) is 19.4 Å². The van der Waals surface area contributed by atoms with Crippen LogP contribution < -0.4 is 10.7 Å². The highest BCUT2D eigenvalue weighted by atomic mass is 32.1. The van der Waals surface area contributed by atoms with Crippen LogP contribution >= 0.6 is 12.2 Å². The molecule has 1 aromatic carbocycles. The zero-order valence-electron chi connectivity index (χ0n) is 14.8. The number of morpholine rings is 1. The van der Waals surface area contributed by atoms with Crippen LogP contribution in [0.5, 0.6) is 0 Å². The van der Waals surface area contributed by atoms with Crippen molar-refractivity contribution in [2.24, 2.45) is 5.10 Å². The topological polar surface area (TPSA) is 48.9 Å². The van der Waals surface area contributed by atoms with Gasteiger partial charge in [-0.1, -0.05) is 45.0 Å². The van der Waals surface area contributed by atoms with Crippen LogP contribution in [0.15, 0.2) is 29.4 Å². The Bertz CT molecular complexity index is 545. The van der Waals surface area contributed by atoms with Gasteiger partial charge in [-0.15, -0.1) is 0 Å². The van der Waals surface area contributed by atoms with Crippen LogP contribution in [0.25, 0.3) is 0 Å². The summed E-state index contributed by atoms with van der Waals surface area (Å²) in [5.74, 6) is 0. The Morgan fingerprint density at radius 3 is 2.54 bits per heavy atom. The third kappa shape index (κ3) is 6.55. The van der Waals surface area contributed by atoms with E-state index in [1.54, 1.807) is 6.21 Å². The first-order chi connectivity index (χ1) is 11.4. The van der Waals surface area contributed by atoms with Gasteiger partial charge in [0, 0.05) is 26.2 Å². The molecule has 0 radical (unpaired) electrons. The van der Waals surface area contributed by atoms with Crippen LogP contribution in [0.2, 0.25) is 0 Å². The second-order valence-electron chi connectivity index (χ2n) is 6.95. The molecular formula is C18H28N4OS. The molecule has 1 aromatic rings. The molecule has 24 heavy (non-hydrogen) atoms. The van der Waals surface area contributed by atoms with Crippen molar-refractivity contribution in [1.29, 1.82) is 0 Å². The van der Waals surface area contributed by atoms with E-state index in [-0.39, 0.29) is 5.41 Å². The number of rotatable bonds is 5. The van der Waals surface area contributed by atoms with E-state index < -0.39 is 0 Å². The highest BCUT2D eigenvalue weighted by molar-refractivity contribution is 7.80. The monoisotopic (exact) mass is 348 g/mol. The van der Waals surface area contributed by atoms with E-state index >= 15 is 0 Å². The highest BCUT2D eigenvalue weighted by Gasteiger charge is 2.12. The van der Waals surface area contributed by atoms with Crippen molar-refractivity contribution in [3.05, 3.63) is 35.4 Å². The molecule has 2 N–H and O–H groups in total. The van der Waals surface area contributed by atoms with Crippen molar-refractivity contribution < 1.29 is 4.74 Å². The minimum atomic E-state index is 0.167. The molecule has 0 atom stereocenters. The van der Waals surface area contributed by atoms with Gasteiger partial charge in [0.2, 0.25) is 0 Å². The van der Waals surface area contributed by atoms with E-state index in [1.807, 2.05) is 0 Å². The number of nitrogens with one attached hydrogen (secondary N) is 2. The molecule has 1 saturated heterocycles. The fourth-order valence-corrected chi connectivity index (χ4v) is 2.58. The SMILES string of the molecule is CC(C)(C)c1ccc(/C=N/NC(=S)NCCN2CCOCC2)cc1.